The highest BCUT2D eigenvalue weighted by Gasteiger charge is 2.19. The van der Waals surface area contributed by atoms with Gasteiger partial charge in [0.1, 0.15) is 6.29 Å². The van der Waals surface area contributed by atoms with Gasteiger partial charge in [0, 0.05) is 12.2 Å². The van der Waals surface area contributed by atoms with Crippen molar-refractivity contribution in [3.05, 3.63) is 29.8 Å². The zero-order chi connectivity index (χ0) is 9.97. The molecule has 14 heavy (non-hydrogen) atoms. The third-order valence-corrected chi connectivity index (χ3v) is 2.83. The highest BCUT2D eigenvalue weighted by molar-refractivity contribution is 5.68. The van der Waals surface area contributed by atoms with E-state index < -0.39 is 0 Å². The lowest BCUT2D eigenvalue weighted by atomic mass is 10.0. The second kappa shape index (κ2) is 3.82. The van der Waals surface area contributed by atoms with Crippen molar-refractivity contribution in [3.63, 3.8) is 0 Å². The van der Waals surface area contributed by atoms with Gasteiger partial charge in [-0.15, -0.1) is 0 Å². The maximum atomic E-state index is 10.8. The lowest BCUT2D eigenvalue weighted by molar-refractivity contribution is -0.108. The van der Waals surface area contributed by atoms with E-state index in [9.17, 15) is 4.79 Å². The minimum absolute atomic E-state index is 0.00329. The molecule has 1 aliphatic heterocycles. The van der Waals surface area contributed by atoms with Gasteiger partial charge in [-0.3, -0.25) is 0 Å². The zero-order valence-electron chi connectivity index (χ0n) is 8.44. The molecule has 2 heteroatoms. The molecule has 1 heterocycles. The Morgan fingerprint density at radius 2 is 2.21 bits per heavy atom. The van der Waals surface area contributed by atoms with Gasteiger partial charge in [-0.05, 0) is 31.4 Å². The summed E-state index contributed by atoms with van der Waals surface area (Å²) in [5, 5.41) is 0. The molecule has 1 atom stereocenters. The third-order valence-electron chi connectivity index (χ3n) is 2.83. The average molecular weight is 189 g/mol. The van der Waals surface area contributed by atoms with Gasteiger partial charge in [0.25, 0.3) is 0 Å². The molecule has 1 aliphatic rings. The minimum atomic E-state index is -0.00329. The third kappa shape index (κ3) is 1.52. The normalized spacial score (nSPS) is 17.4. The van der Waals surface area contributed by atoms with Gasteiger partial charge in [-0.2, -0.15) is 0 Å². The molecule has 0 amide bonds. The SMILES string of the molecule is CC(C=O)N1CCCc2ccccc21. The smallest absolute Gasteiger partial charge is 0.142 e. The standard InChI is InChI=1S/C12H15NO/c1-10(9-14)13-8-4-6-11-5-2-3-7-12(11)13/h2-3,5,7,9-10H,4,6,8H2,1H3. The van der Waals surface area contributed by atoms with E-state index in [4.69, 9.17) is 0 Å². The number of anilines is 1. The van der Waals surface area contributed by atoms with Gasteiger partial charge in [0.05, 0.1) is 6.04 Å². The van der Waals surface area contributed by atoms with E-state index in [2.05, 4.69) is 23.1 Å². The fourth-order valence-electron chi connectivity index (χ4n) is 2.06. The number of carbonyl (C=O) groups excluding carboxylic acids is 1. The molecular weight excluding hydrogens is 174 g/mol. The van der Waals surface area contributed by atoms with Crippen LogP contribution in [0.5, 0.6) is 0 Å². The Morgan fingerprint density at radius 1 is 1.43 bits per heavy atom. The first kappa shape index (κ1) is 9.25. The second-order valence-corrected chi connectivity index (χ2v) is 3.80. The summed E-state index contributed by atoms with van der Waals surface area (Å²) < 4.78 is 0. The number of aryl methyl sites for hydroxylation is 1. The van der Waals surface area contributed by atoms with Crippen molar-refractivity contribution in [1.82, 2.24) is 0 Å². The summed E-state index contributed by atoms with van der Waals surface area (Å²) in [6.45, 7) is 2.95. The number of fused-ring (bicyclic) bond motifs is 1. The van der Waals surface area contributed by atoms with Crippen molar-refractivity contribution in [1.29, 1.82) is 0 Å². The van der Waals surface area contributed by atoms with Crippen LogP contribution in [0.25, 0.3) is 0 Å². The molecule has 1 aromatic carbocycles. The number of hydrogen-bond donors (Lipinski definition) is 0. The summed E-state index contributed by atoms with van der Waals surface area (Å²) in [6, 6.07) is 8.35. The molecule has 0 aliphatic carbocycles. The Morgan fingerprint density at radius 3 is 3.00 bits per heavy atom. The molecule has 0 aromatic heterocycles. The van der Waals surface area contributed by atoms with Crippen LogP contribution < -0.4 is 4.90 Å². The van der Waals surface area contributed by atoms with E-state index in [0.717, 1.165) is 25.7 Å². The van der Waals surface area contributed by atoms with Crippen LogP contribution in [0.2, 0.25) is 0 Å². The molecule has 74 valence electrons. The Kier molecular flexibility index (Phi) is 2.53. The Balaban J connectivity index is 2.35. The summed E-state index contributed by atoms with van der Waals surface area (Å²) in [7, 11) is 0. The molecule has 1 aromatic rings. The Hall–Kier alpha value is -1.31. The van der Waals surface area contributed by atoms with Gasteiger partial charge in [0.2, 0.25) is 0 Å². The van der Waals surface area contributed by atoms with Crippen molar-refractivity contribution in [2.75, 3.05) is 11.4 Å². The number of hydrogen-bond acceptors (Lipinski definition) is 2. The molecule has 0 fully saturated rings. The van der Waals surface area contributed by atoms with Gasteiger partial charge < -0.3 is 9.69 Å². The Bertz CT molecular complexity index is 335. The zero-order valence-corrected chi connectivity index (χ0v) is 8.44. The van der Waals surface area contributed by atoms with E-state index >= 15 is 0 Å². The fraction of sp³-hybridized carbons (Fsp3) is 0.417. The number of rotatable bonds is 2. The quantitative estimate of drug-likeness (QED) is 0.663. The molecule has 0 N–H and O–H groups in total. The predicted octanol–water partition coefficient (Wildman–Crippen LogP) is 2.03. The van der Waals surface area contributed by atoms with Crippen molar-refractivity contribution in [3.8, 4) is 0 Å². The van der Waals surface area contributed by atoms with Gasteiger partial charge in [0.15, 0.2) is 0 Å². The first-order valence-electron chi connectivity index (χ1n) is 5.13. The van der Waals surface area contributed by atoms with Crippen molar-refractivity contribution < 1.29 is 4.79 Å². The fourth-order valence-corrected chi connectivity index (χ4v) is 2.06. The first-order valence-corrected chi connectivity index (χ1v) is 5.13. The van der Waals surface area contributed by atoms with Crippen LogP contribution in [0.3, 0.4) is 0 Å². The maximum Gasteiger partial charge on any atom is 0.142 e. The topological polar surface area (TPSA) is 20.3 Å². The van der Waals surface area contributed by atoms with Gasteiger partial charge in [-0.1, -0.05) is 18.2 Å². The predicted molar refractivity (Wildman–Crippen MR) is 57.6 cm³/mol. The van der Waals surface area contributed by atoms with E-state index in [0.29, 0.717) is 0 Å². The van der Waals surface area contributed by atoms with E-state index in [-0.39, 0.29) is 6.04 Å². The highest BCUT2D eigenvalue weighted by Crippen LogP contribution is 2.27. The molecule has 0 spiro atoms. The summed E-state index contributed by atoms with van der Waals surface area (Å²) in [5.41, 5.74) is 2.60. The van der Waals surface area contributed by atoms with Crippen LogP contribution in [0.1, 0.15) is 18.9 Å². The summed E-state index contributed by atoms with van der Waals surface area (Å²) in [6.07, 6.45) is 3.30. The van der Waals surface area contributed by atoms with E-state index in [1.165, 1.54) is 11.3 Å². The molecule has 0 bridgehead atoms. The lowest BCUT2D eigenvalue weighted by Gasteiger charge is -2.33. The monoisotopic (exact) mass is 189 g/mol. The van der Waals surface area contributed by atoms with Crippen LogP contribution in [0.15, 0.2) is 24.3 Å². The molecule has 0 saturated heterocycles. The number of carbonyl (C=O) groups is 1. The van der Waals surface area contributed by atoms with E-state index in [1.807, 2.05) is 13.0 Å². The van der Waals surface area contributed by atoms with Crippen LogP contribution in [0.4, 0.5) is 5.69 Å². The number of benzene rings is 1. The number of aldehydes is 1. The summed E-state index contributed by atoms with van der Waals surface area (Å²) >= 11 is 0. The molecule has 2 rings (SSSR count). The highest BCUT2D eigenvalue weighted by atomic mass is 16.1. The first-order chi connectivity index (χ1) is 6.83. The van der Waals surface area contributed by atoms with Gasteiger partial charge >= 0.3 is 0 Å². The average Bonchev–Trinajstić information content (AvgIpc) is 2.27. The minimum Gasteiger partial charge on any atom is -0.362 e. The van der Waals surface area contributed by atoms with Crippen molar-refractivity contribution in [2.24, 2.45) is 0 Å². The van der Waals surface area contributed by atoms with Crippen molar-refractivity contribution in [2.45, 2.75) is 25.8 Å². The van der Waals surface area contributed by atoms with Crippen LogP contribution in [-0.2, 0) is 11.2 Å². The lowest BCUT2D eigenvalue weighted by Crippen LogP contribution is -2.38. The molecule has 1 unspecified atom stereocenters. The number of para-hydroxylation sites is 1. The van der Waals surface area contributed by atoms with Crippen LogP contribution >= 0.6 is 0 Å². The number of nitrogens with zero attached hydrogens (tertiary/aromatic N) is 1. The molecule has 0 radical (unpaired) electrons. The second-order valence-electron chi connectivity index (χ2n) is 3.80. The van der Waals surface area contributed by atoms with Crippen LogP contribution in [-0.4, -0.2) is 18.9 Å². The Labute approximate surface area is 84.5 Å². The maximum absolute atomic E-state index is 10.8. The largest absolute Gasteiger partial charge is 0.362 e. The molecule has 2 nitrogen and oxygen atoms in total. The molecule has 0 saturated carbocycles. The van der Waals surface area contributed by atoms with Crippen molar-refractivity contribution >= 4 is 12.0 Å². The van der Waals surface area contributed by atoms with Gasteiger partial charge in [-0.25, -0.2) is 0 Å². The van der Waals surface area contributed by atoms with Crippen LogP contribution in [0, 0.1) is 0 Å². The summed E-state index contributed by atoms with van der Waals surface area (Å²) in [4.78, 5) is 13.0. The summed E-state index contributed by atoms with van der Waals surface area (Å²) in [5.74, 6) is 0. The molecular formula is C12H15NO. The van der Waals surface area contributed by atoms with E-state index in [1.54, 1.807) is 0 Å².